The second-order valence-electron chi connectivity index (χ2n) is 2.00. The lowest BCUT2D eigenvalue weighted by atomic mass is 10.4. The minimum Gasteiger partial charge on any atom is -0.418 e. The number of hydrogen-bond acceptors (Lipinski definition) is 4. The largest absolute Gasteiger partial charge is 0.418 e. The van der Waals surface area contributed by atoms with Gasteiger partial charge in [0, 0.05) is 6.20 Å². The fourth-order valence-electron chi connectivity index (χ4n) is 0.807. The third kappa shape index (κ3) is 0.980. The normalized spacial score (nSPS) is 10.2. The number of hydrogen-bond donors (Lipinski definition) is 0. The van der Waals surface area contributed by atoms with Gasteiger partial charge in [-0.05, 0) is 12.1 Å². The van der Waals surface area contributed by atoms with Crippen LogP contribution in [0.5, 0.6) is 0 Å². The van der Waals surface area contributed by atoms with E-state index in [1.165, 1.54) is 0 Å². The van der Waals surface area contributed by atoms with Gasteiger partial charge in [-0.2, -0.15) is 0 Å². The SMILES string of the molecule is O=c1cnc2ncccc2o1. The predicted molar refractivity (Wildman–Crippen MR) is 38.1 cm³/mol. The number of nitrogens with zero attached hydrogens (tertiary/aromatic N) is 2. The smallest absolute Gasteiger partial charge is 0.355 e. The highest BCUT2D eigenvalue weighted by molar-refractivity contribution is 5.65. The van der Waals surface area contributed by atoms with Crippen molar-refractivity contribution in [1.29, 1.82) is 0 Å². The van der Waals surface area contributed by atoms with Crippen LogP contribution in [0.2, 0.25) is 0 Å². The Labute approximate surface area is 61.5 Å². The third-order valence-corrected chi connectivity index (χ3v) is 1.25. The van der Waals surface area contributed by atoms with Gasteiger partial charge in [-0.3, -0.25) is 0 Å². The number of aromatic nitrogens is 2. The van der Waals surface area contributed by atoms with Gasteiger partial charge < -0.3 is 4.42 Å². The molecule has 0 saturated carbocycles. The Hall–Kier alpha value is -1.71. The van der Waals surface area contributed by atoms with E-state index >= 15 is 0 Å². The molecule has 0 atom stereocenters. The van der Waals surface area contributed by atoms with Gasteiger partial charge in [0.2, 0.25) is 0 Å². The monoisotopic (exact) mass is 148 g/mol. The third-order valence-electron chi connectivity index (χ3n) is 1.25. The molecule has 0 aliphatic carbocycles. The Bertz CT molecular complexity index is 435. The van der Waals surface area contributed by atoms with Gasteiger partial charge >= 0.3 is 5.63 Å². The van der Waals surface area contributed by atoms with E-state index in [9.17, 15) is 4.79 Å². The molecule has 54 valence electrons. The lowest BCUT2D eigenvalue weighted by molar-refractivity contribution is 0.553. The van der Waals surface area contributed by atoms with Crippen LogP contribution in [0.25, 0.3) is 11.2 Å². The van der Waals surface area contributed by atoms with Crippen molar-refractivity contribution in [2.24, 2.45) is 0 Å². The van der Waals surface area contributed by atoms with Crippen LogP contribution in [0.3, 0.4) is 0 Å². The summed E-state index contributed by atoms with van der Waals surface area (Å²) < 4.78 is 4.78. The Balaban J connectivity index is 2.94. The molecule has 0 unspecified atom stereocenters. The van der Waals surface area contributed by atoms with Crippen LogP contribution in [-0.4, -0.2) is 9.97 Å². The lowest BCUT2D eigenvalue weighted by Crippen LogP contribution is -1.97. The van der Waals surface area contributed by atoms with Crippen molar-refractivity contribution in [3.05, 3.63) is 34.9 Å². The van der Waals surface area contributed by atoms with Crippen molar-refractivity contribution in [2.45, 2.75) is 0 Å². The first-order chi connectivity index (χ1) is 5.36. The molecule has 2 aromatic heterocycles. The van der Waals surface area contributed by atoms with E-state index in [0.717, 1.165) is 6.20 Å². The van der Waals surface area contributed by atoms with Crippen LogP contribution in [0.15, 0.2) is 33.7 Å². The maximum absolute atomic E-state index is 10.6. The molecular formula is C7H4N2O2. The molecule has 0 aliphatic heterocycles. The van der Waals surface area contributed by atoms with Crippen molar-refractivity contribution < 1.29 is 4.42 Å². The Morgan fingerprint density at radius 1 is 1.36 bits per heavy atom. The van der Waals surface area contributed by atoms with Gasteiger partial charge in [0.05, 0.1) is 0 Å². The zero-order valence-electron chi connectivity index (χ0n) is 5.52. The number of pyridine rings is 1. The van der Waals surface area contributed by atoms with Gasteiger partial charge in [-0.25, -0.2) is 14.8 Å². The van der Waals surface area contributed by atoms with Crippen LogP contribution < -0.4 is 5.63 Å². The standard InChI is InChI=1S/C7H4N2O2/c10-6-4-9-7-5(11-6)2-1-3-8-7/h1-4H. The molecule has 4 nitrogen and oxygen atoms in total. The van der Waals surface area contributed by atoms with Gasteiger partial charge in [0.25, 0.3) is 0 Å². The molecule has 0 radical (unpaired) electrons. The van der Waals surface area contributed by atoms with E-state index in [1.807, 2.05) is 0 Å². The molecule has 2 aromatic rings. The highest BCUT2D eigenvalue weighted by Gasteiger charge is 1.95. The van der Waals surface area contributed by atoms with Crippen LogP contribution in [0.1, 0.15) is 0 Å². The first-order valence-corrected chi connectivity index (χ1v) is 3.07. The van der Waals surface area contributed by atoms with Crippen LogP contribution in [0.4, 0.5) is 0 Å². The minimum atomic E-state index is -0.453. The summed E-state index contributed by atoms with van der Waals surface area (Å²) in [5.41, 5.74) is 0.414. The zero-order valence-corrected chi connectivity index (χ0v) is 5.52. The quantitative estimate of drug-likeness (QED) is 0.548. The molecule has 2 rings (SSSR count). The average Bonchev–Trinajstić information content (AvgIpc) is 2.04. The molecule has 0 aromatic carbocycles. The fraction of sp³-hybridized carbons (Fsp3) is 0. The summed E-state index contributed by atoms with van der Waals surface area (Å²) in [5.74, 6) is 0. The van der Waals surface area contributed by atoms with Crippen molar-refractivity contribution in [3.63, 3.8) is 0 Å². The van der Waals surface area contributed by atoms with Crippen molar-refractivity contribution in [3.8, 4) is 0 Å². The van der Waals surface area contributed by atoms with Crippen molar-refractivity contribution in [1.82, 2.24) is 9.97 Å². The molecule has 0 bridgehead atoms. The molecule has 0 aliphatic rings. The van der Waals surface area contributed by atoms with Gasteiger partial charge in [0.15, 0.2) is 11.2 Å². The maximum atomic E-state index is 10.6. The molecule has 0 amide bonds. The Kier molecular flexibility index (Phi) is 1.18. The molecule has 11 heavy (non-hydrogen) atoms. The molecule has 0 N–H and O–H groups in total. The van der Waals surface area contributed by atoms with E-state index < -0.39 is 5.63 Å². The highest BCUT2D eigenvalue weighted by atomic mass is 16.4. The van der Waals surface area contributed by atoms with E-state index in [2.05, 4.69) is 9.97 Å². The van der Waals surface area contributed by atoms with Gasteiger partial charge in [-0.15, -0.1) is 0 Å². The van der Waals surface area contributed by atoms with E-state index in [4.69, 9.17) is 4.42 Å². The maximum Gasteiger partial charge on any atom is 0.355 e. The summed E-state index contributed by atoms with van der Waals surface area (Å²) in [5, 5.41) is 0. The summed E-state index contributed by atoms with van der Waals surface area (Å²) in [6.45, 7) is 0. The minimum absolute atomic E-state index is 0.417. The first-order valence-electron chi connectivity index (χ1n) is 3.07. The van der Waals surface area contributed by atoms with E-state index in [-0.39, 0.29) is 0 Å². The zero-order chi connectivity index (χ0) is 7.68. The second kappa shape index (κ2) is 2.16. The fourth-order valence-corrected chi connectivity index (χ4v) is 0.807. The molecular weight excluding hydrogens is 144 g/mol. The summed E-state index contributed by atoms with van der Waals surface area (Å²) in [7, 11) is 0. The van der Waals surface area contributed by atoms with E-state index in [0.29, 0.717) is 11.2 Å². The predicted octanol–water partition coefficient (Wildman–Crippen LogP) is 0.583. The van der Waals surface area contributed by atoms with Crippen molar-refractivity contribution in [2.75, 3.05) is 0 Å². The summed E-state index contributed by atoms with van der Waals surface area (Å²) >= 11 is 0. The average molecular weight is 148 g/mol. The molecule has 0 saturated heterocycles. The van der Waals surface area contributed by atoms with Gasteiger partial charge in [0.1, 0.15) is 6.20 Å². The molecule has 4 heteroatoms. The molecule has 0 fully saturated rings. The van der Waals surface area contributed by atoms with Crippen LogP contribution in [0, 0.1) is 0 Å². The topological polar surface area (TPSA) is 56.0 Å². The highest BCUT2D eigenvalue weighted by Crippen LogP contribution is 2.02. The van der Waals surface area contributed by atoms with Crippen LogP contribution in [-0.2, 0) is 0 Å². The number of rotatable bonds is 0. The van der Waals surface area contributed by atoms with Crippen LogP contribution >= 0.6 is 0 Å². The lowest BCUT2D eigenvalue weighted by Gasteiger charge is -1.89. The Morgan fingerprint density at radius 3 is 3.18 bits per heavy atom. The van der Waals surface area contributed by atoms with E-state index in [1.54, 1.807) is 18.3 Å². The molecule has 0 spiro atoms. The van der Waals surface area contributed by atoms with Crippen molar-refractivity contribution >= 4 is 11.2 Å². The summed E-state index contributed by atoms with van der Waals surface area (Å²) in [6.07, 6.45) is 2.70. The van der Waals surface area contributed by atoms with Gasteiger partial charge in [-0.1, -0.05) is 0 Å². The molecule has 2 heterocycles. The summed E-state index contributed by atoms with van der Waals surface area (Å²) in [6, 6.07) is 3.34. The number of fused-ring (bicyclic) bond motifs is 1. The first kappa shape index (κ1) is 6.03. The summed E-state index contributed by atoms with van der Waals surface area (Å²) in [4.78, 5) is 18.3. The Morgan fingerprint density at radius 2 is 2.27 bits per heavy atom. The second-order valence-corrected chi connectivity index (χ2v) is 2.00.